The predicted octanol–water partition coefficient (Wildman–Crippen LogP) is 3.31. The number of Topliss-reactive ketones (excluding diaryl/α,β-unsaturated/α-hetero) is 1. The number of carbonyl (C=O) groups excluding carboxylic acids is 2. The number of aliphatic hydroxyl groups excluding tert-OH is 1. The van der Waals surface area contributed by atoms with Crippen molar-refractivity contribution in [1.82, 2.24) is 4.90 Å². The van der Waals surface area contributed by atoms with Crippen molar-refractivity contribution in [2.24, 2.45) is 0 Å². The van der Waals surface area contributed by atoms with Gasteiger partial charge in [0.15, 0.2) is 11.5 Å². The van der Waals surface area contributed by atoms with Crippen molar-refractivity contribution in [2.75, 3.05) is 20.8 Å². The second kappa shape index (κ2) is 8.00. The van der Waals surface area contributed by atoms with Gasteiger partial charge in [-0.25, -0.2) is 0 Å². The number of methoxy groups -OCH3 is 2. The Morgan fingerprint density at radius 3 is 2.39 bits per heavy atom. The SMILES string of the molecule is C=CCN1C(=O)C(=O)C(=C(O)c2ccccc2)C1c1ccc(OC)c(OC)c1. The minimum atomic E-state index is -0.766. The first-order valence-corrected chi connectivity index (χ1v) is 8.70. The summed E-state index contributed by atoms with van der Waals surface area (Å²) in [6.45, 7) is 3.83. The summed E-state index contributed by atoms with van der Waals surface area (Å²) in [5.74, 6) is -0.649. The number of carbonyl (C=O) groups is 2. The van der Waals surface area contributed by atoms with Crippen LogP contribution < -0.4 is 9.47 Å². The van der Waals surface area contributed by atoms with Crippen LogP contribution in [0, 0.1) is 0 Å². The van der Waals surface area contributed by atoms with Gasteiger partial charge in [0, 0.05) is 12.1 Å². The van der Waals surface area contributed by atoms with Gasteiger partial charge in [-0.15, -0.1) is 6.58 Å². The molecule has 1 atom stereocenters. The van der Waals surface area contributed by atoms with Crippen molar-refractivity contribution >= 4 is 17.4 Å². The lowest BCUT2D eigenvalue weighted by molar-refractivity contribution is -0.139. The molecule has 2 aromatic carbocycles. The van der Waals surface area contributed by atoms with Crippen LogP contribution in [-0.2, 0) is 9.59 Å². The summed E-state index contributed by atoms with van der Waals surface area (Å²) < 4.78 is 10.6. The van der Waals surface area contributed by atoms with E-state index in [1.807, 2.05) is 0 Å². The summed E-state index contributed by atoms with van der Waals surface area (Å²) in [4.78, 5) is 26.8. The molecule has 6 heteroatoms. The fourth-order valence-corrected chi connectivity index (χ4v) is 3.33. The van der Waals surface area contributed by atoms with E-state index < -0.39 is 17.7 Å². The first-order valence-electron chi connectivity index (χ1n) is 8.70. The van der Waals surface area contributed by atoms with E-state index in [1.54, 1.807) is 54.6 Å². The molecule has 2 aromatic rings. The minimum absolute atomic E-state index is 0.0327. The Hall–Kier alpha value is -3.54. The fraction of sp³-hybridized carbons (Fsp3) is 0.182. The van der Waals surface area contributed by atoms with E-state index in [0.717, 1.165) is 0 Å². The molecule has 0 radical (unpaired) electrons. The Morgan fingerprint density at radius 2 is 1.79 bits per heavy atom. The molecule has 1 saturated heterocycles. The molecule has 1 aliphatic heterocycles. The van der Waals surface area contributed by atoms with E-state index in [1.165, 1.54) is 19.1 Å². The van der Waals surface area contributed by atoms with Crippen LogP contribution in [0.15, 0.2) is 66.8 Å². The predicted molar refractivity (Wildman–Crippen MR) is 105 cm³/mol. The highest BCUT2D eigenvalue weighted by Crippen LogP contribution is 2.41. The summed E-state index contributed by atoms with van der Waals surface area (Å²) in [6, 6.07) is 13.0. The zero-order valence-electron chi connectivity index (χ0n) is 15.7. The van der Waals surface area contributed by atoms with E-state index in [2.05, 4.69) is 6.58 Å². The summed E-state index contributed by atoms with van der Waals surface area (Å²) in [6.07, 6.45) is 1.54. The molecule has 0 saturated carbocycles. The molecule has 1 heterocycles. The largest absolute Gasteiger partial charge is 0.507 e. The van der Waals surface area contributed by atoms with Gasteiger partial charge in [-0.3, -0.25) is 9.59 Å². The molecule has 144 valence electrons. The number of aliphatic hydroxyl groups is 1. The van der Waals surface area contributed by atoms with Gasteiger partial charge in [-0.1, -0.05) is 42.5 Å². The van der Waals surface area contributed by atoms with Crippen LogP contribution in [0.2, 0.25) is 0 Å². The van der Waals surface area contributed by atoms with Gasteiger partial charge in [-0.05, 0) is 17.7 Å². The fourth-order valence-electron chi connectivity index (χ4n) is 3.33. The summed E-state index contributed by atoms with van der Waals surface area (Å²) in [7, 11) is 3.03. The maximum Gasteiger partial charge on any atom is 0.295 e. The summed E-state index contributed by atoms with van der Waals surface area (Å²) in [5, 5.41) is 10.9. The number of ether oxygens (including phenoxy) is 2. The van der Waals surface area contributed by atoms with Crippen LogP contribution in [0.25, 0.3) is 5.76 Å². The number of amides is 1. The van der Waals surface area contributed by atoms with Crippen LogP contribution in [0.5, 0.6) is 11.5 Å². The molecule has 1 unspecified atom stereocenters. The highest BCUT2D eigenvalue weighted by atomic mass is 16.5. The molecule has 0 aliphatic carbocycles. The Balaban J connectivity index is 2.21. The Kier molecular flexibility index (Phi) is 5.49. The maximum atomic E-state index is 12.8. The van der Waals surface area contributed by atoms with E-state index in [0.29, 0.717) is 22.6 Å². The van der Waals surface area contributed by atoms with Crippen molar-refractivity contribution < 1.29 is 24.2 Å². The topological polar surface area (TPSA) is 76.1 Å². The third-order valence-electron chi connectivity index (χ3n) is 4.64. The van der Waals surface area contributed by atoms with Gasteiger partial charge in [-0.2, -0.15) is 0 Å². The average molecular weight is 379 g/mol. The first-order chi connectivity index (χ1) is 13.5. The zero-order chi connectivity index (χ0) is 20.3. The van der Waals surface area contributed by atoms with E-state index in [9.17, 15) is 14.7 Å². The number of rotatable bonds is 6. The number of ketones is 1. The highest BCUT2D eigenvalue weighted by Gasteiger charge is 2.45. The molecule has 6 nitrogen and oxygen atoms in total. The molecule has 1 fully saturated rings. The third kappa shape index (κ3) is 3.24. The number of likely N-dealkylation sites (tertiary alicyclic amines) is 1. The number of hydrogen-bond donors (Lipinski definition) is 1. The summed E-state index contributed by atoms with van der Waals surface area (Å²) >= 11 is 0. The zero-order valence-corrected chi connectivity index (χ0v) is 15.7. The molecule has 0 spiro atoms. The van der Waals surface area contributed by atoms with Crippen molar-refractivity contribution in [3.8, 4) is 11.5 Å². The minimum Gasteiger partial charge on any atom is -0.507 e. The van der Waals surface area contributed by atoms with Gasteiger partial charge in [0.2, 0.25) is 0 Å². The van der Waals surface area contributed by atoms with Crippen LogP contribution in [0.1, 0.15) is 17.2 Å². The average Bonchev–Trinajstić information content (AvgIpc) is 2.98. The molecule has 0 aromatic heterocycles. The van der Waals surface area contributed by atoms with Crippen LogP contribution >= 0.6 is 0 Å². The third-order valence-corrected chi connectivity index (χ3v) is 4.64. The van der Waals surface area contributed by atoms with Crippen LogP contribution in [0.3, 0.4) is 0 Å². The molecule has 0 bridgehead atoms. The van der Waals surface area contributed by atoms with Crippen LogP contribution in [-0.4, -0.2) is 42.5 Å². The van der Waals surface area contributed by atoms with Crippen molar-refractivity contribution in [3.63, 3.8) is 0 Å². The van der Waals surface area contributed by atoms with E-state index >= 15 is 0 Å². The molecule has 28 heavy (non-hydrogen) atoms. The lowest BCUT2D eigenvalue weighted by Crippen LogP contribution is -2.29. The van der Waals surface area contributed by atoms with Crippen molar-refractivity contribution in [3.05, 3.63) is 77.9 Å². The van der Waals surface area contributed by atoms with Gasteiger partial charge in [0.1, 0.15) is 5.76 Å². The monoisotopic (exact) mass is 379 g/mol. The smallest absolute Gasteiger partial charge is 0.295 e. The molecule has 1 amide bonds. The molecule has 1 N–H and O–H groups in total. The number of hydrogen-bond acceptors (Lipinski definition) is 5. The normalized spacial score (nSPS) is 18.2. The van der Waals surface area contributed by atoms with E-state index in [4.69, 9.17) is 9.47 Å². The lowest BCUT2D eigenvalue weighted by atomic mass is 9.95. The lowest BCUT2D eigenvalue weighted by Gasteiger charge is -2.24. The van der Waals surface area contributed by atoms with E-state index in [-0.39, 0.29) is 17.9 Å². The number of nitrogens with zero attached hydrogens (tertiary/aromatic N) is 1. The van der Waals surface area contributed by atoms with Gasteiger partial charge >= 0.3 is 0 Å². The Bertz CT molecular complexity index is 949. The van der Waals surface area contributed by atoms with Gasteiger partial charge in [0.25, 0.3) is 11.7 Å². The molecule has 1 aliphatic rings. The summed E-state index contributed by atoms with van der Waals surface area (Å²) in [5.41, 5.74) is 1.12. The van der Waals surface area contributed by atoms with Crippen molar-refractivity contribution in [2.45, 2.75) is 6.04 Å². The standard InChI is InChI=1S/C22H21NO5/c1-4-12-23-19(15-10-11-16(27-2)17(13-15)28-3)18(21(25)22(23)26)20(24)14-8-6-5-7-9-14/h4-11,13,19,24H,1,12H2,2-3H3. The quantitative estimate of drug-likeness (QED) is 0.361. The molecular formula is C22H21NO5. The second-order valence-electron chi connectivity index (χ2n) is 6.22. The van der Waals surface area contributed by atoms with Gasteiger partial charge < -0.3 is 19.5 Å². The van der Waals surface area contributed by atoms with Crippen molar-refractivity contribution in [1.29, 1.82) is 0 Å². The maximum absolute atomic E-state index is 12.8. The second-order valence-corrected chi connectivity index (χ2v) is 6.22. The van der Waals surface area contributed by atoms with Gasteiger partial charge in [0.05, 0.1) is 25.8 Å². The first kappa shape index (κ1) is 19.2. The number of benzene rings is 2. The molecule has 3 rings (SSSR count). The van der Waals surface area contributed by atoms with Crippen LogP contribution in [0.4, 0.5) is 0 Å². The Labute approximate surface area is 163 Å². The Morgan fingerprint density at radius 1 is 1.11 bits per heavy atom. The highest BCUT2D eigenvalue weighted by molar-refractivity contribution is 6.46. The molecular weight excluding hydrogens is 358 g/mol.